The maximum atomic E-state index is 10.0. The first kappa shape index (κ1) is 30.4. The lowest BCUT2D eigenvalue weighted by Gasteiger charge is -2.14. The molecule has 0 aliphatic rings. The third-order valence-electron chi connectivity index (χ3n) is 9.73. The van der Waals surface area contributed by atoms with E-state index in [0.29, 0.717) is 17.1 Å². The molecule has 0 bridgehead atoms. The Balaban J connectivity index is 1.22. The summed E-state index contributed by atoms with van der Waals surface area (Å²) in [7, 11) is 0. The first-order chi connectivity index (χ1) is 25.7. The molecule has 3 nitrogen and oxygen atoms in total. The first-order valence-electron chi connectivity index (χ1n) is 17.1. The second-order valence-electron chi connectivity index (χ2n) is 12.9. The Labute approximate surface area is 308 Å². The number of hydrogen-bond donors (Lipinski definition) is 0. The van der Waals surface area contributed by atoms with Crippen molar-refractivity contribution < 1.29 is 0 Å². The minimum atomic E-state index is 0.577. The van der Waals surface area contributed by atoms with Crippen molar-refractivity contribution in [3.05, 3.63) is 169 Å². The molecule has 0 aliphatic carbocycles. The summed E-state index contributed by atoms with van der Waals surface area (Å²) in [6, 6.07) is 59.7. The van der Waals surface area contributed by atoms with Crippen LogP contribution in [0.25, 0.3) is 96.5 Å². The molecule has 0 fully saturated rings. The molecule has 0 spiro atoms. The van der Waals surface area contributed by atoms with Crippen LogP contribution < -0.4 is 0 Å². The molecule has 0 saturated heterocycles. The molecule has 10 aromatic rings. The predicted octanol–water partition coefficient (Wildman–Crippen LogP) is 13.4. The van der Waals surface area contributed by atoms with Crippen LogP contribution in [0.5, 0.6) is 0 Å². The SMILES string of the molecule is N#Cc1ccccc1-c1cc(-c2ccccc2)nc(-c2cc(-c3ccc4sc5ccccc5c4c3)cc(-c3ccc4sc5ccccc5c4c3)c2)n1. The van der Waals surface area contributed by atoms with Crippen molar-refractivity contribution >= 4 is 63.0 Å². The average Bonchev–Trinajstić information content (AvgIpc) is 3.78. The quantitative estimate of drug-likeness (QED) is 0.180. The van der Waals surface area contributed by atoms with Gasteiger partial charge in [-0.1, -0.05) is 97.1 Å². The van der Waals surface area contributed by atoms with E-state index in [4.69, 9.17) is 9.97 Å². The molecular weight excluding hydrogens is 671 g/mol. The number of nitriles is 1. The molecule has 3 heterocycles. The van der Waals surface area contributed by atoms with Gasteiger partial charge in [0.15, 0.2) is 5.82 Å². The van der Waals surface area contributed by atoms with Crippen molar-refractivity contribution in [3.63, 3.8) is 0 Å². The highest BCUT2D eigenvalue weighted by atomic mass is 32.1. The van der Waals surface area contributed by atoms with Crippen LogP contribution in [0.15, 0.2) is 164 Å². The van der Waals surface area contributed by atoms with Gasteiger partial charge < -0.3 is 0 Å². The lowest BCUT2D eigenvalue weighted by molar-refractivity contribution is 1.18. The zero-order chi connectivity index (χ0) is 34.6. The van der Waals surface area contributed by atoms with E-state index in [-0.39, 0.29) is 0 Å². The first-order valence-corrected chi connectivity index (χ1v) is 18.7. The van der Waals surface area contributed by atoms with Crippen molar-refractivity contribution in [1.29, 1.82) is 5.26 Å². The molecule has 242 valence electrons. The molecule has 0 radical (unpaired) electrons. The maximum Gasteiger partial charge on any atom is 0.160 e. The molecule has 0 amide bonds. The number of aromatic nitrogens is 2. The van der Waals surface area contributed by atoms with E-state index < -0.39 is 0 Å². The molecule has 7 aromatic carbocycles. The Morgan fingerprint density at radius 3 is 1.54 bits per heavy atom. The van der Waals surface area contributed by atoms with Gasteiger partial charge in [0, 0.05) is 57.0 Å². The normalized spacial score (nSPS) is 11.4. The molecule has 52 heavy (non-hydrogen) atoms. The Bertz CT molecular complexity index is 2910. The van der Waals surface area contributed by atoms with Gasteiger partial charge in [0.05, 0.1) is 23.0 Å². The van der Waals surface area contributed by atoms with Crippen LogP contribution in [0.1, 0.15) is 5.56 Å². The molecule has 3 aromatic heterocycles. The fourth-order valence-corrected chi connectivity index (χ4v) is 9.35. The molecule has 0 saturated carbocycles. The minimum absolute atomic E-state index is 0.577. The Morgan fingerprint density at radius 1 is 0.385 bits per heavy atom. The van der Waals surface area contributed by atoms with Gasteiger partial charge in [0.2, 0.25) is 0 Å². The zero-order valence-electron chi connectivity index (χ0n) is 27.7. The topological polar surface area (TPSA) is 49.6 Å². The summed E-state index contributed by atoms with van der Waals surface area (Å²) in [6.07, 6.45) is 0. The van der Waals surface area contributed by atoms with Gasteiger partial charge in [0.1, 0.15) is 0 Å². The van der Waals surface area contributed by atoms with E-state index in [1.54, 1.807) is 0 Å². The molecule has 0 unspecified atom stereocenters. The van der Waals surface area contributed by atoms with E-state index in [9.17, 15) is 5.26 Å². The Kier molecular flexibility index (Phi) is 7.24. The average molecular weight is 698 g/mol. The summed E-state index contributed by atoms with van der Waals surface area (Å²) in [5.74, 6) is 0.608. The highest BCUT2D eigenvalue weighted by molar-refractivity contribution is 7.26. The largest absolute Gasteiger partial charge is 0.228 e. The monoisotopic (exact) mass is 697 g/mol. The van der Waals surface area contributed by atoms with Crippen LogP contribution in [-0.2, 0) is 0 Å². The fraction of sp³-hybridized carbons (Fsp3) is 0. The van der Waals surface area contributed by atoms with Crippen LogP contribution in [0, 0.1) is 11.3 Å². The molecule has 0 atom stereocenters. The third kappa shape index (κ3) is 5.25. The van der Waals surface area contributed by atoms with Crippen LogP contribution >= 0.6 is 22.7 Å². The Hall–Kier alpha value is -6.45. The molecular formula is C47H27N3S2. The summed E-state index contributed by atoms with van der Waals surface area (Å²) in [5.41, 5.74) is 9.23. The van der Waals surface area contributed by atoms with E-state index in [1.807, 2.05) is 71.2 Å². The van der Waals surface area contributed by atoms with E-state index in [1.165, 1.54) is 40.3 Å². The van der Waals surface area contributed by atoms with Crippen molar-refractivity contribution in [2.45, 2.75) is 0 Å². The van der Waals surface area contributed by atoms with Crippen LogP contribution in [0.2, 0.25) is 0 Å². The second-order valence-corrected chi connectivity index (χ2v) is 15.1. The van der Waals surface area contributed by atoms with Gasteiger partial charge in [0.25, 0.3) is 0 Å². The van der Waals surface area contributed by atoms with E-state index >= 15 is 0 Å². The Morgan fingerprint density at radius 2 is 0.904 bits per heavy atom. The standard InChI is InChI=1S/C47H27N3S2/c48-28-32-12-4-5-13-36(32)42-27-41(29-10-2-1-3-11-29)49-47(50-42)35-23-33(30-18-20-45-39(25-30)37-14-6-8-16-43(37)51-45)22-34(24-35)31-19-21-46-40(26-31)38-15-7-9-17-44(38)52-46/h1-27H. The van der Waals surface area contributed by atoms with E-state index in [0.717, 1.165) is 44.6 Å². The second kappa shape index (κ2) is 12.4. The van der Waals surface area contributed by atoms with Crippen molar-refractivity contribution in [3.8, 4) is 62.2 Å². The van der Waals surface area contributed by atoms with Gasteiger partial charge in [-0.3, -0.25) is 0 Å². The van der Waals surface area contributed by atoms with Gasteiger partial charge in [-0.05, 0) is 89.0 Å². The van der Waals surface area contributed by atoms with E-state index in [2.05, 4.69) is 121 Å². The molecule has 0 aliphatic heterocycles. The van der Waals surface area contributed by atoms with Gasteiger partial charge >= 0.3 is 0 Å². The number of benzene rings is 7. The number of rotatable bonds is 5. The number of nitrogens with zero attached hydrogens (tertiary/aromatic N) is 3. The smallest absolute Gasteiger partial charge is 0.160 e. The summed E-state index contributed by atoms with van der Waals surface area (Å²) in [5, 5.41) is 15.1. The van der Waals surface area contributed by atoms with Crippen molar-refractivity contribution in [2.75, 3.05) is 0 Å². The van der Waals surface area contributed by atoms with Crippen molar-refractivity contribution in [2.24, 2.45) is 0 Å². The summed E-state index contributed by atoms with van der Waals surface area (Å²) in [4.78, 5) is 10.4. The molecule has 5 heteroatoms. The molecule has 0 N–H and O–H groups in total. The van der Waals surface area contributed by atoms with Crippen molar-refractivity contribution in [1.82, 2.24) is 9.97 Å². The summed E-state index contributed by atoms with van der Waals surface area (Å²) >= 11 is 3.66. The van der Waals surface area contributed by atoms with Crippen LogP contribution in [0.4, 0.5) is 0 Å². The number of thiophene rings is 2. The fourth-order valence-electron chi connectivity index (χ4n) is 7.18. The van der Waals surface area contributed by atoms with Crippen LogP contribution in [-0.4, -0.2) is 9.97 Å². The lowest BCUT2D eigenvalue weighted by Crippen LogP contribution is -1.98. The number of fused-ring (bicyclic) bond motifs is 6. The third-order valence-corrected chi connectivity index (χ3v) is 12.0. The van der Waals surface area contributed by atoms with Crippen LogP contribution in [0.3, 0.4) is 0 Å². The summed E-state index contributed by atoms with van der Waals surface area (Å²) in [6.45, 7) is 0. The highest BCUT2D eigenvalue weighted by Gasteiger charge is 2.17. The van der Waals surface area contributed by atoms with Gasteiger partial charge in [-0.25, -0.2) is 9.97 Å². The minimum Gasteiger partial charge on any atom is -0.228 e. The highest BCUT2D eigenvalue weighted by Crippen LogP contribution is 2.41. The van der Waals surface area contributed by atoms with Gasteiger partial charge in [-0.2, -0.15) is 5.26 Å². The maximum absolute atomic E-state index is 10.0. The number of hydrogen-bond acceptors (Lipinski definition) is 5. The zero-order valence-corrected chi connectivity index (χ0v) is 29.4. The van der Waals surface area contributed by atoms with Gasteiger partial charge in [-0.15, -0.1) is 22.7 Å². The summed E-state index contributed by atoms with van der Waals surface area (Å²) < 4.78 is 5.12. The molecule has 10 rings (SSSR count). The lowest BCUT2D eigenvalue weighted by atomic mass is 9.94. The predicted molar refractivity (Wildman–Crippen MR) is 220 cm³/mol.